The summed E-state index contributed by atoms with van der Waals surface area (Å²) in [6, 6.07) is 0. The molecule has 0 aromatic carbocycles. The van der Waals surface area contributed by atoms with Crippen LogP contribution in [0.5, 0.6) is 0 Å². The summed E-state index contributed by atoms with van der Waals surface area (Å²) in [6.45, 7) is 7.28. The van der Waals surface area contributed by atoms with Crippen LogP contribution in [-0.4, -0.2) is 37.1 Å². The standard InChI is InChI=1S/C12H22NO5P/c1-5-19(16)17-8-12(3,4)10(18-19)11(15)13-7-6-9(2)14/h10H,5-8H2,1-4H3,(H,13,15)/t10-,19?/m0/s1. The van der Waals surface area contributed by atoms with Crippen LogP contribution in [-0.2, 0) is 23.2 Å². The summed E-state index contributed by atoms with van der Waals surface area (Å²) in [5, 5.41) is 2.64. The van der Waals surface area contributed by atoms with E-state index >= 15 is 0 Å². The maximum atomic E-state index is 12.1. The van der Waals surface area contributed by atoms with Crippen LogP contribution < -0.4 is 5.32 Å². The third-order valence-corrected chi connectivity index (χ3v) is 4.84. The number of rotatable bonds is 5. The van der Waals surface area contributed by atoms with Gasteiger partial charge >= 0.3 is 7.60 Å². The number of hydrogen-bond acceptors (Lipinski definition) is 5. The summed E-state index contributed by atoms with van der Waals surface area (Å²) in [5.41, 5.74) is -0.552. The van der Waals surface area contributed by atoms with E-state index in [0.29, 0.717) is 0 Å². The van der Waals surface area contributed by atoms with Crippen molar-refractivity contribution in [3.05, 3.63) is 0 Å². The Balaban J connectivity index is 2.68. The summed E-state index contributed by atoms with van der Waals surface area (Å²) in [4.78, 5) is 22.9. The van der Waals surface area contributed by atoms with Crippen LogP contribution in [0.2, 0.25) is 0 Å². The first-order valence-electron chi connectivity index (χ1n) is 6.39. The van der Waals surface area contributed by atoms with Crippen LogP contribution in [0.25, 0.3) is 0 Å². The second-order valence-electron chi connectivity index (χ2n) is 5.42. The minimum Gasteiger partial charge on any atom is -0.353 e. The molecule has 0 saturated carbocycles. The van der Waals surface area contributed by atoms with Crippen LogP contribution >= 0.6 is 7.60 Å². The van der Waals surface area contributed by atoms with Crippen molar-refractivity contribution in [2.75, 3.05) is 19.3 Å². The summed E-state index contributed by atoms with van der Waals surface area (Å²) in [5.74, 6) is -0.338. The molecular formula is C12H22NO5P. The Morgan fingerprint density at radius 2 is 2.05 bits per heavy atom. The Labute approximate surface area is 113 Å². The lowest BCUT2D eigenvalue weighted by atomic mass is 9.87. The summed E-state index contributed by atoms with van der Waals surface area (Å²) in [7, 11) is -3.16. The maximum absolute atomic E-state index is 12.1. The molecule has 6 nitrogen and oxygen atoms in total. The summed E-state index contributed by atoms with van der Waals surface area (Å²) < 4.78 is 22.8. The molecule has 1 rings (SSSR count). The fourth-order valence-electron chi connectivity index (χ4n) is 1.70. The highest BCUT2D eigenvalue weighted by molar-refractivity contribution is 7.53. The van der Waals surface area contributed by atoms with E-state index in [1.54, 1.807) is 6.92 Å². The Hall–Kier alpha value is -0.710. The van der Waals surface area contributed by atoms with Gasteiger partial charge in [-0.15, -0.1) is 0 Å². The number of ketones is 1. The van der Waals surface area contributed by atoms with Gasteiger partial charge in [-0.1, -0.05) is 20.8 Å². The highest BCUT2D eigenvalue weighted by Crippen LogP contribution is 2.55. The molecule has 19 heavy (non-hydrogen) atoms. The van der Waals surface area contributed by atoms with Crippen LogP contribution in [0.15, 0.2) is 0 Å². The van der Waals surface area contributed by atoms with Crippen LogP contribution in [0.4, 0.5) is 0 Å². The summed E-state index contributed by atoms with van der Waals surface area (Å²) >= 11 is 0. The third-order valence-electron chi connectivity index (χ3n) is 3.01. The lowest BCUT2D eigenvalue weighted by Gasteiger charge is -2.40. The molecule has 0 aliphatic carbocycles. The van der Waals surface area contributed by atoms with Gasteiger partial charge in [0.2, 0.25) is 5.91 Å². The molecular weight excluding hydrogens is 269 g/mol. The van der Waals surface area contributed by atoms with Crippen molar-refractivity contribution in [2.24, 2.45) is 5.41 Å². The van der Waals surface area contributed by atoms with E-state index in [0.717, 1.165) is 0 Å². The van der Waals surface area contributed by atoms with E-state index in [1.165, 1.54) is 6.92 Å². The summed E-state index contributed by atoms with van der Waals surface area (Å²) in [6.07, 6.45) is -0.305. The number of carbonyl (C=O) groups is 2. The average Bonchev–Trinajstić information content (AvgIpc) is 2.32. The van der Waals surface area contributed by atoms with Crippen molar-refractivity contribution in [2.45, 2.75) is 40.2 Å². The van der Waals surface area contributed by atoms with Crippen LogP contribution in [0.3, 0.4) is 0 Å². The zero-order chi connectivity index (χ0) is 14.7. The first-order chi connectivity index (χ1) is 8.70. The molecule has 2 atom stereocenters. The highest BCUT2D eigenvalue weighted by Gasteiger charge is 2.46. The largest absolute Gasteiger partial charge is 0.353 e. The molecule has 0 bridgehead atoms. The molecule has 1 aliphatic rings. The van der Waals surface area contributed by atoms with Gasteiger partial charge in [0.1, 0.15) is 5.78 Å². The lowest BCUT2D eigenvalue weighted by Crippen LogP contribution is -2.49. The quantitative estimate of drug-likeness (QED) is 0.780. The van der Waals surface area contributed by atoms with Crippen molar-refractivity contribution in [3.63, 3.8) is 0 Å². The lowest BCUT2D eigenvalue weighted by molar-refractivity contribution is -0.138. The molecule has 0 aromatic heterocycles. The van der Waals surface area contributed by atoms with Gasteiger partial charge in [-0.05, 0) is 6.92 Å². The molecule has 1 saturated heterocycles. The second-order valence-corrected chi connectivity index (χ2v) is 7.74. The molecule has 110 valence electrons. The molecule has 0 radical (unpaired) electrons. The van der Waals surface area contributed by atoms with E-state index in [4.69, 9.17) is 9.05 Å². The first kappa shape index (κ1) is 16.3. The molecule has 1 amide bonds. The van der Waals surface area contributed by atoms with Gasteiger partial charge in [0.05, 0.1) is 6.61 Å². The van der Waals surface area contributed by atoms with Crippen molar-refractivity contribution in [1.82, 2.24) is 5.32 Å². The first-order valence-corrected chi connectivity index (χ1v) is 8.12. The maximum Gasteiger partial charge on any atom is 0.331 e. The van der Waals surface area contributed by atoms with Crippen molar-refractivity contribution >= 4 is 19.3 Å². The smallest absolute Gasteiger partial charge is 0.331 e. The topological polar surface area (TPSA) is 81.7 Å². The van der Waals surface area contributed by atoms with Crippen LogP contribution in [0.1, 0.15) is 34.1 Å². The Morgan fingerprint density at radius 3 is 2.58 bits per heavy atom. The fraction of sp³-hybridized carbons (Fsp3) is 0.833. The van der Waals surface area contributed by atoms with E-state index < -0.39 is 19.1 Å². The number of carbonyl (C=O) groups excluding carboxylic acids is 2. The van der Waals surface area contributed by atoms with Gasteiger partial charge in [0.25, 0.3) is 0 Å². The van der Waals surface area contributed by atoms with Crippen molar-refractivity contribution in [3.8, 4) is 0 Å². The molecule has 1 heterocycles. The van der Waals surface area contributed by atoms with Crippen molar-refractivity contribution in [1.29, 1.82) is 0 Å². The van der Waals surface area contributed by atoms with Crippen molar-refractivity contribution < 1.29 is 23.2 Å². The Morgan fingerprint density at radius 1 is 1.42 bits per heavy atom. The molecule has 0 spiro atoms. The monoisotopic (exact) mass is 291 g/mol. The average molecular weight is 291 g/mol. The minimum atomic E-state index is -3.16. The predicted molar refractivity (Wildman–Crippen MR) is 71.1 cm³/mol. The van der Waals surface area contributed by atoms with Crippen LogP contribution in [0, 0.1) is 5.41 Å². The molecule has 0 aromatic rings. The number of hydrogen-bond donors (Lipinski definition) is 1. The van der Waals surface area contributed by atoms with E-state index in [1.807, 2.05) is 13.8 Å². The zero-order valence-corrected chi connectivity index (χ0v) is 12.8. The fourth-order valence-corrected chi connectivity index (χ4v) is 3.32. The Bertz CT molecular complexity index is 407. The molecule has 7 heteroatoms. The Kier molecular flexibility index (Phi) is 5.30. The van der Waals surface area contributed by atoms with Gasteiger partial charge in [-0.2, -0.15) is 0 Å². The van der Waals surface area contributed by atoms with E-state index in [2.05, 4.69) is 5.32 Å². The van der Waals surface area contributed by atoms with Gasteiger partial charge in [0, 0.05) is 24.5 Å². The third kappa shape index (κ3) is 4.41. The minimum absolute atomic E-state index is 0.00619. The van der Waals surface area contributed by atoms with E-state index in [9.17, 15) is 14.2 Å². The van der Waals surface area contributed by atoms with Gasteiger partial charge in [-0.3, -0.25) is 18.7 Å². The molecule has 1 N–H and O–H groups in total. The number of amides is 1. The molecule has 1 unspecified atom stereocenters. The van der Waals surface area contributed by atoms with E-state index in [-0.39, 0.29) is 37.4 Å². The predicted octanol–water partition coefficient (Wildman–Crippen LogP) is 1.74. The highest BCUT2D eigenvalue weighted by atomic mass is 31.2. The molecule has 1 aliphatic heterocycles. The second kappa shape index (κ2) is 6.16. The molecule has 1 fully saturated rings. The number of nitrogens with one attached hydrogen (secondary N) is 1. The number of Topliss-reactive ketones (excluding diaryl/α,β-unsaturated/α-hetero) is 1. The SMILES string of the molecule is CCP1(=O)OCC(C)(C)[C@H](C(=O)NCCC(C)=O)O1. The van der Waals surface area contributed by atoms with Gasteiger partial charge in [0.15, 0.2) is 6.10 Å². The van der Waals surface area contributed by atoms with Gasteiger partial charge < -0.3 is 9.84 Å². The zero-order valence-electron chi connectivity index (χ0n) is 11.9. The van der Waals surface area contributed by atoms with Gasteiger partial charge in [-0.25, -0.2) is 0 Å². The normalized spacial score (nSPS) is 29.8.